The summed E-state index contributed by atoms with van der Waals surface area (Å²) < 4.78 is 0. The number of fused-ring (bicyclic) bond motifs is 1. The second kappa shape index (κ2) is 4.68. The van der Waals surface area contributed by atoms with Crippen LogP contribution in [0, 0.1) is 0 Å². The standard InChI is InChI=1S/C14H11ClO2/c1-2-3-6-11-12(15)14(17)10-8-5-4-7-9(10)13(11)16/h2,4-5,7-8H,1,3,6H2. The van der Waals surface area contributed by atoms with Crippen LogP contribution in [0.3, 0.4) is 0 Å². The van der Waals surface area contributed by atoms with Gasteiger partial charge < -0.3 is 0 Å². The van der Waals surface area contributed by atoms with Crippen molar-refractivity contribution in [3.63, 3.8) is 0 Å². The molecule has 0 atom stereocenters. The smallest absolute Gasteiger partial charge is 0.205 e. The van der Waals surface area contributed by atoms with Gasteiger partial charge in [0.25, 0.3) is 0 Å². The predicted octanol–water partition coefficient (Wildman–Crippen LogP) is 3.52. The molecule has 0 spiro atoms. The Bertz CT molecular complexity index is 541. The molecule has 3 heteroatoms. The van der Waals surface area contributed by atoms with Crippen molar-refractivity contribution in [3.05, 3.63) is 58.7 Å². The zero-order valence-corrected chi connectivity index (χ0v) is 9.96. The molecule has 0 fully saturated rings. The number of hydrogen-bond donors (Lipinski definition) is 0. The molecule has 1 aliphatic rings. The fourth-order valence-electron chi connectivity index (χ4n) is 1.87. The van der Waals surface area contributed by atoms with Gasteiger partial charge >= 0.3 is 0 Å². The van der Waals surface area contributed by atoms with Gasteiger partial charge in [0.2, 0.25) is 5.78 Å². The minimum atomic E-state index is -0.263. The summed E-state index contributed by atoms with van der Waals surface area (Å²) in [4.78, 5) is 24.1. The monoisotopic (exact) mass is 246 g/mol. The number of rotatable bonds is 3. The van der Waals surface area contributed by atoms with Crippen molar-refractivity contribution in [1.29, 1.82) is 0 Å². The molecule has 1 aromatic rings. The molecular formula is C14H11ClO2. The molecule has 2 nitrogen and oxygen atoms in total. The second-order valence-electron chi connectivity index (χ2n) is 3.82. The van der Waals surface area contributed by atoms with E-state index in [1.54, 1.807) is 30.3 Å². The van der Waals surface area contributed by atoms with Crippen molar-refractivity contribution in [1.82, 2.24) is 0 Å². The lowest BCUT2D eigenvalue weighted by Gasteiger charge is -2.16. The summed E-state index contributed by atoms with van der Waals surface area (Å²) in [6.45, 7) is 3.60. The van der Waals surface area contributed by atoms with Gasteiger partial charge in [0.05, 0.1) is 5.03 Å². The van der Waals surface area contributed by atoms with Crippen LogP contribution in [0.25, 0.3) is 0 Å². The molecule has 0 aromatic heterocycles. The molecule has 0 radical (unpaired) electrons. The van der Waals surface area contributed by atoms with E-state index < -0.39 is 0 Å². The summed E-state index contributed by atoms with van der Waals surface area (Å²) >= 11 is 5.97. The lowest BCUT2D eigenvalue weighted by Crippen LogP contribution is -2.19. The Morgan fingerprint density at radius 1 is 1.12 bits per heavy atom. The van der Waals surface area contributed by atoms with Crippen LogP contribution < -0.4 is 0 Å². The Balaban J connectivity index is 2.50. The molecule has 0 bridgehead atoms. The Hall–Kier alpha value is -1.67. The van der Waals surface area contributed by atoms with E-state index in [1.165, 1.54) is 0 Å². The van der Waals surface area contributed by atoms with Crippen molar-refractivity contribution in [3.8, 4) is 0 Å². The van der Waals surface area contributed by atoms with Gasteiger partial charge in [-0.3, -0.25) is 9.59 Å². The van der Waals surface area contributed by atoms with E-state index in [4.69, 9.17) is 11.6 Å². The Morgan fingerprint density at radius 2 is 1.71 bits per heavy atom. The van der Waals surface area contributed by atoms with E-state index in [2.05, 4.69) is 6.58 Å². The van der Waals surface area contributed by atoms with Crippen molar-refractivity contribution in [2.45, 2.75) is 12.8 Å². The lowest BCUT2D eigenvalue weighted by molar-refractivity contribution is 0.0978. The highest BCUT2D eigenvalue weighted by atomic mass is 35.5. The third-order valence-corrected chi connectivity index (χ3v) is 3.15. The Morgan fingerprint density at radius 3 is 2.29 bits per heavy atom. The van der Waals surface area contributed by atoms with Gasteiger partial charge in [-0.2, -0.15) is 0 Å². The van der Waals surface area contributed by atoms with Crippen LogP contribution in [0.4, 0.5) is 0 Å². The molecule has 2 rings (SSSR count). The molecule has 0 saturated carbocycles. The Labute approximate surface area is 105 Å². The van der Waals surface area contributed by atoms with E-state index in [0.717, 1.165) is 0 Å². The predicted molar refractivity (Wildman–Crippen MR) is 67.4 cm³/mol. The van der Waals surface area contributed by atoms with Crippen LogP contribution in [0.1, 0.15) is 33.6 Å². The van der Waals surface area contributed by atoms with Crippen molar-refractivity contribution in [2.24, 2.45) is 0 Å². The molecule has 0 N–H and O–H groups in total. The largest absolute Gasteiger partial charge is 0.289 e. The molecule has 0 amide bonds. The SMILES string of the molecule is C=CCCC1=C(Cl)C(=O)c2ccccc2C1=O. The summed E-state index contributed by atoms with van der Waals surface area (Å²) in [6.07, 6.45) is 2.80. The maximum atomic E-state index is 12.1. The summed E-state index contributed by atoms with van der Waals surface area (Å²) in [5.41, 5.74) is 1.24. The van der Waals surface area contributed by atoms with Crippen LogP contribution in [0.15, 0.2) is 47.5 Å². The van der Waals surface area contributed by atoms with Gasteiger partial charge in [0.1, 0.15) is 0 Å². The molecule has 0 unspecified atom stereocenters. The number of ketones is 2. The van der Waals surface area contributed by atoms with Gasteiger partial charge in [0.15, 0.2) is 5.78 Å². The first kappa shape index (κ1) is 11.8. The number of halogens is 1. The maximum Gasteiger partial charge on any atom is 0.205 e. The molecule has 17 heavy (non-hydrogen) atoms. The summed E-state index contributed by atoms with van der Waals surface area (Å²) in [6, 6.07) is 6.76. The highest BCUT2D eigenvalue weighted by Crippen LogP contribution is 2.30. The fraction of sp³-hybridized carbons (Fsp3) is 0.143. The first-order valence-corrected chi connectivity index (χ1v) is 5.72. The number of benzene rings is 1. The van der Waals surface area contributed by atoms with Crippen molar-refractivity contribution in [2.75, 3.05) is 0 Å². The van der Waals surface area contributed by atoms with E-state index in [1.807, 2.05) is 0 Å². The highest BCUT2D eigenvalue weighted by Gasteiger charge is 2.30. The van der Waals surface area contributed by atoms with E-state index >= 15 is 0 Å². The van der Waals surface area contributed by atoms with E-state index in [-0.39, 0.29) is 16.6 Å². The minimum absolute atomic E-state index is 0.0514. The van der Waals surface area contributed by atoms with Gasteiger partial charge in [-0.15, -0.1) is 6.58 Å². The van der Waals surface area contributed by atoms with Gasteiger partial charge in [-0.25, -0.2) is 0 Å². The summed E-state index contributed by atoms with van der Waals surface area (Å²) in [5, 5.41) is 0.0514. The maximum absolute atomic E-state index is 12.1. The summed E-state index contributed by atoms with van der Waals surface area (Å²) in [7, 11) is 0. The zero-order valence-electron chi connectivity index (χ0n) is 9.20. The second-order valence-corrected chi connectivity index (χ2v) is 4.20. The number of allylic oxidation sites excluding steroid dienone is 3. The molecule has 0 aliphatic heterocycles. The third-order valence-electron chi connectivity index (χ3n) is 2.75. The molecule has 1 aromatic carbocycles. The topological polar surface area (TPSA) is 34.1 Å². The quantitative estimate of drug-likeness (QED) is 0.765. The normalized spacial score (nSPS) is 14.9. The average Bonchev–Trinajstić information content (AvgIpc) is 2.36. The van der Waals surface area contributed by atoms with Gasteiger partial charge in [-0.05, 0) is 12.8 Å². The number of Topliss-reactive ketones (excluding diaryl/α,β-unsaturated/α-hetero) is 2. The van der Waals surface area contributed by atoms with Gasteiger partial charge in [0, 0.05) is 16.7 Å². The Kier molecular flexibility index (Phi) is 3.25. The molecule has 0 saturated heterocycles. The molecule has 0 heterocycles. The minimum Gasteiger partial charge on any atom is -0.289 e. The van der Waals surface area contributed by atoms with Crippen molar-refractivity contribution < 1.29 is 9.59 Å². The van der Waals surface area contributed by atoms with Crippen LogP contribution in [-0.4, -0.2) is 11.6 Å². The number of carbonyl (C=O) groups excluding carboxylic acids is 2. The van der Waals surface area contributed by atoms with Crippen LogP contribution in [-0.2, 0) is 0 Å². The molecular weight excluding hydrogens is 236 g/mol. The number of hydrogen-bond acceptors (Lipinski definition) is 2. The fourth-order valence-corrected chi connectivity index (χ4v) is 2.15. The van der Waals surface area contributed by atoms with E-state index in [0.29, 0.717) is 29.5 Å². The first-order valence-electron chi connectivity index (χ1n) is 5.34. The highest BCUT2D eigenvalue weighted by molar-refractivity contribution is 6.50. The number of carbonyl (C=O) groups is 2. The van der Waals surface area contributed by atoms with Crippen LogP contribution in [0.2, 0.25) is 0 Å². The molecule has 1 aliphatic carbocycles. The average molecular weight is 247 g/mol. The lowest BCUT2D eigenvalue weighted by atomic mass is 9.87. The molecule has 86 valence electrons. The first-order chi connectivity index (χ1) is 8.16. The van der Waals surface area contributed by atoms with E-state index in [9.17, 15) is 9.59 Å². The van der Waals surface area contributed by atoms with Gasteiger partial charge in [-0.1, -0.05) is 41.9 Å². The summed E-state index contributed by atoms with van der Waals surface area (Å²) in [5.74, 6) is -0.409. The zero-order chi connectivity index (χ0) is 12.4. The van der Waals surface area contributed by atoms with Crippen molar-refractivity contribution >= 4 is 23.2 Å². The van der Waals surface area contributed by atoms with Crippen LogP contribution >= 0.6 is 11.6 Å². The van der Waals surface area contributed by atoms with Crippen LogP contribution in [0.5, 0.6) is 0 Å². The third kappa shape index (κ3) is 1.96.